The third-order valence-electron chi connectivity index (χ3n) is 3.19. The minimum absolute atomic E-state index is 0.132. The topological polar surface area (TPSA) is 36.9 Å². The zero-order valence-corrected chi connectivity index (χ0v) is 15.2. The number of hydrogen-bond donors (Lipinski definition) is 0. The first kappa shape index (κ1) is 20.1. The predicted octanol–water partition coefficient (Wildman–Crippen LogP) is 3.46. The lowest BCUT2D eigenvalue weighted by Crippen LogP contribution is -2.29. The van der Waals surface area contributed by atoms with Gasteiger partial charge in [0, 0.05) is 20.3 Å². The molecule has 0 aromatic rings. The predicted molar refractivity (Wildman–Crippen MR) is 85.9 cm³/mol. The molecular weight excluding hydrogens is 272 g/mol. The summed E-state index contributed by atoms with van der Waals surface area (Å²) in [6, 6.07) is 1.14. The molecule has 0 aliphatic rings. The van der Waals surface area contributed by atoms with E-state index in [0.717, 1.165) is 32.1 Å². The zero-order valence-electron chi connectivity index (χ0n) is 14.2. The van der Waals surface area contributed by atoms with Crippen molar-refractivity contribution in [1.82, 2.24) is 0 Å². The van der Waals surface area contributed by atoms with E-state index < -0.39 is 8.32 Å². The molecular formula is C15H34O4Si. The van der Waals surface area contributed by atoms with Crippen LogP contribution in [0.4, 0.5) is 0 Å². The van der Waals surface area contributed by atoms with Gasteiger partial charge in [-0.2, -0.15) is 0 Å². The smallest absolute Gasteiger partial charge is 0.186 e. The Morgan fingerprint density at radius 1 is 0.950 bits per heavy atom. The molecule has 0 saturated heterocycles. The van der Waals surface area contributed by atoms with Crippen molar-refractivity contribution in [2.75, 3.05) is 33.5 Å². The summed E-state index contributed by atoms with van der Waals surface area (Å²) in [4.78, 5) is 0. The Morgan fingerprint density at radius 2 is 1.60 bits per heavy atom. The fraction of sp³-hybridized carbons (Fsp3) is 1.00. The van der Waals surface area contributed by atoms with Crippen molar-refractivity contribution in [2.45, 2.75) is 65.0 Å². The molecule has 0 N–H and O–H groups in total. The second kappa shape index (κ2) is 11.7. The van der Waals surface area contributed by atoms with Gasteiger partial charge in [0.2, 0.25) is 0 Å². The average molecular weight is 307 g/mol. The van der Waals surface area contributed by atoms with Crippen LogP contribution >= 0.6 is 0 Å². The minimum atomic E-state index is -1.43. The first-order valence-corrected chi connectivity index (χ1v) is 10.9. The van der Waals surface area contributed by atoms with E-state index in [1.807, 2.05) is 14.0 Å². The molecule has 0 saturated carbocycles. The molecule has 0 amide bonds. The van der Waals surface area contributed by atoms with Crippen LogP contribution in [0.25, 0.3) is 0 Å². The van der Waals surface area contributed by atoms with Crippen LogP contribution in [0.1, 0.15) is 33.6 Å². The molecule has 5 heteroatoms. The summed E-state index contributed by atoms with van der Waals surface area (Å²) < 4.78 is 22.4. The SMILES string of the molecule is CCCOCC(C)OCC(C)OCCC[Si](C)(C)OC. The zero-order chi connectivity index (χ0) is 15.4. The van der Waals surface area contributed by atoms with Crippen molar-refractivity contribution < 1.29 is 18.6 Å². The molecule has 20 heavy (non-hydrogen) atoms. The van der Waals surface area contributed by atoms with Gasteiger partial charge in [-0.3, -0.25) is 0 Å². The van der Waals surface area contributed by atoms with Gasteiger partial charge in [-0.1, -0.05) is 6.92 Å². The lowest BCUT2D eigenvalue weighted by molar-refractivity contribution is -0.0568. The van der Waals surface area contributed by atoms with E-state index in [9.17, 15) is 0 Å². The lowest BCUT2D eigenvalue weighted by Gasteiger charge is -2.21. The van der Waals surface area contributed by atoms with Crippen LogP contribution in [0.5, 0.6) is 0 Å². The first-order valence-electron chi connectivity index (χ1n) is 7.77. The second-order valence-corrected chi connectivity index (χ2v) is 10.4. The summed E-state index contributed by atoms with van der Waals surface area (Å²) in [5.74, 6) is 0. The maximum Gasteiger partial charge on any atom is 0.186 e. The highest BCUT2D eigenvalue weighted by atomic mass is 28.4. The molecule has 0 aliphatic heterocycles. The van der Waals surface area contributed by atoms with Crippen molar-refractivity contribution in [3.8, 4) is 0 Å². The van der Waals surface area contributed by atoms with Crippen molar-refractivity contribution >= 4 is 8.32 Å². The highest BCUT2D eigenvalue weighted by Crippen LogP contribution is 2.12. The number of rotatable bonds is 13. The molecule has 0 heterocycles. The van der Waals surface area contributed by atoms with Crippen LogP contribution in [-0.4, -0.2) is 54.1 Å². The minimum Gasteiger partial charge on any atom is -0.420 e. The molecule has 0 bridgehead atoms. The van der Waals surface area contributed by atoms with Crippen molar-refractivity contribution in [2.24, 2.45) is 0 Å². The van der Waals surface area contributed by atoms with E-state index in [0.29, 0.717) is 13.2 Å². The van der Waals surface area contributed by atoms with Crippen LogP contribution in [0.2, 0.25) is 19.1 Å². The molecule has 0 aromatic carbocycles. The van der Waals surface area contributed by atoms with E-state index in [1.54, 1.807) is 0 Å². The van der Waals surface area contributed by atoms with Gasteiger partial charge in [0.15, 0.2) is 8.32 Å². The Bertz CT molecular complexity index is 224. The highest BCUT2D eigenvalue weighted by molar-refractivity contribution is 6.71. The van der Waals surface area contributed by atoms with Crippen LogP contribution in [0, 0.1) is 0 Å². The normalized spacial score (nSPS) is 15.3. The van der Waals surface area contributed by atoms with Crippen LogP contribution in [0.3, 0.4) is 0 Å². The second-order valence-electron chi connectivity index (χ2n) is 5.97. The Morgan fingerprint density at radius 3 is 2.20 bits per heavy atom. The van der Waals surface area contributed by atoms with Gasteiger partial charge >= 0.3 is 0 Å². The molecule has 4 nitrogen and oxygen atoms in total. The van der Waals surface area contributed by atoms with Crippen molar-refractivity contribution in [1.29, 1.82) is 0 Å². The molecule has 2 unspecified atom stereocenters. The average Bonchev–Trinajstić information content (AvgIpc) is 2.42. The van der Waals surface area contributed by atoms with Crippen molar-refractivity contribution in [3.05, 3.63) is 0 Å². The Hall–Kier alpha value is 0.0569. The summed E-state index contributed by atoms with van der Waals surface area (Å²) in [7, 11) is 0.379. The molecule has 2 atom stereocenters. The molecule has 0 radical (unpaired) electrons. The standard InChI is InChI=1S/C15H34O4Si/c1-7-9-17-12-14(2)19-13-15(3)18-10-8-11-20(5,6)16-4/h14-15H,7-13H2,1-6H3. The van der Waals surface area contributed by atoms with Gasteiger partial charge < -0.3 is 18.6 Å². The van der Waals surface area contributed by atoms with E-state index in [1.165, 1.54) is 0 Å². The Kier molecular flexibility index (Phi) is 11.7. The molecule has 0 spiro atoms. The molecule has 0 fully saturated rings. The summed E-state index contributed by atoms with van der Waals surface area (Å²) in [5, 5.41) is 0. The molecule has 0 rings (SSSR count). The van der Waals surface area contributed by atoms with Crippen LogP contribution in [-0.2, 0) is 18.6 Å². The van der Waals surface area contributed by atoms with E-state index in [-0.39, 0.29) is 12.2 Å². The van der Waals surface area contributed by atoms with E-state index in [2.05, 4.69) is 26.9 Å². The summed E-state index contributed by atoms with van der Waals surface area (Å²) in [6.45, 7) is 13.5. The van der Waals surface area contributed by atoms with Gasteiger partial charge in [0.25, 0.3) is 0 Å². The number of ether oxygens (including phenoxy) is 3. The van der Waals surface area contributed by atoms with Crippen LogP contribution < -0.4 is 0 Å². The number of hydrogen-bond acceptors (Lipinski definition) is 4. The summed E-state index contributed by atoms with van der Waals surface area (Å²) in [6.07, 6.45) is 2.38. The molecule has 122 valence electrons. The largest absolute Gasteiger partial charge is 0.420 e. The van der Waals surface area contributed by atoms with Gasteiger partial charge in [-0.15, -0.1) is 0 Å². The van der Waals surface area contributed by atoms with Gasteiger partial charge in [0.1, 0.15) is 0 Å². The van der Waals surface area contributed by atoms with Gasteiger partial charge in [0.05, 0.1) is 25.4 Å². The quantitative estimate of drug-likeness (QED) is 0.386. The van der Waals surface area contributed by atoms with Gasteiger partial charge in [-0.25, -0.2) is 0 Å². The monoisotopic (exact) mass is 306 g/mol. The summed E-state index contributed by atoms with van der Waals surface area (Å²) >= 11 is 0. The van der Waals surface area contributed by atoms with E-state index in [4.69, 9.17) is 18.6 Å². The highest BCUT2D eigenvalue weighted by Gasteiger charge is 2.19. The fourth-order valence-electron chi connectivity index (χ4n) is 1.67. The Labute approximate surface area is 126 Å². The first-order chi connectivity index (χ1) is 9.41. The lowest BCUT2D eigenvalue weighted by atomic mass is 10.4. The fourth-order valence-corrected chi connectivity index (χ4v) is 2.87. The molecule has 0 aromatic heterocycles. The maximum absolute atomic E-state index is 5.76. The summed E-state index contributed by atoms with van der Waals surface area (Å²) in [5.41, 5.74) is 0. The maximum atomic E-state index is 5.76. The van der Waals surface area contributed by atoms with Crippen LogP contribution in [0.15, 0.2) is 0 Å². The third-order valence-corrected chi connectivity index (χ3v) is 5.86. The van der Waals surface area contributed by atoms with Gasteiger partial charge in [-0.05, 0) is 45.8 Å². The van der Waals surface area contributed by atoms with Crippen molar-refractivity contribution in [3.63, 3.8) is 0 Å². The molecule has 0 aliphatic carbocycles. The Balaban J connectivity index is 3.51. The third kappa shape index (κ3) is 11.8. The van der Waals surface area contributed by atoms with E-state index >= 15 is 0 Å².